The Labute approximate surface area is 111 Å². The first kappa shape index (κ1) is 13.6. The third kappa shape index (κ3) is 2.61. The molecule has 1 N–H and O–H groups in total. The lowest BCUT2D eigenvalue weighted by Crippen LogP contribution is -2.32. The van der Waals surface area contributed by atoms with Crippen LogP contribution < -0.4 is 0 Å². The first-order valence-corrected chi connectivity index (χ1v) is 7.17. The van der Waals surface area contributed by atoms with Gasteiger partial charge in [0.25, 0.3) is 0 Å². The Balaban J connectivity index is 2.29. The largest absolute Gasteiger partial charge is 0.388 e. The maximum atomic E-state index is 10.8. The van der Waals surface area contributed by atoms with Crippen molar-refractivity contribution in [1.82, 2.24) is 0 Å². The normalized spacial score (nSPS) is 24.8. The van der Waals surface area contributed by atoms with Gasteiger partial charge in [-0.2, -0.15) is 0 Å². The molecule has 1 aromatic carbocycles. The summed E-state index contributed by atoms with van der Waals surface area (Å²) in [7, 11) is 0. The van der Waals surface area contributed by atoms with E-state index in [2.05, 4.69) is 45.9 Å². The fourth-order valence-corrected chi connectivity index (χ4v) is 3.40. The molecule has 1 heteroatoms. The molecule has 0 bridgehead atoms. The second kappa shape index (κ2) is 5.05. The van der Waals surface area contributed by atoms with Crippen LogP contribution in [0.1, 0.15) is 62.3 Å². The van der Waals surface area contributed by atoms with Crippen molar-refractivity contribution in [2.45, 2.75) is 59.5 Å². The van der Waals surface area contributed by atoms with Gasteiger partial charge in [0, 0.05) is 0 Å². The van der Waals surface area contributed by atoms with Crippen molar-refractivity contribution < 1.29 is 5.11 Å². The summed E-state index contributed by atoms with van der Waals surface area (Å²) in [4.78, 5) is 0. The number of aliphatic hydroxyl groups is 1. The summed E-state index contributed by atoms with van der Waals surface area (Å²) in [5, 5.41) is 10.8. The van der Waals surface area contributed by atoms with Crippen LogP contribution in [0.15, 0.2) is 18.2 Å². The highest BCUT2D eigenvalue weighted by Gasteiger charge is 2.37. The molecule has 0 radical (unpaired) electrons. The Kier molecular flexibility index (Phi) is 3.82. The van der Waals surface area contributed by atoms with Gasteiger partial charge >= 0.3 is 0 Å². The summed E-state index contributed by atoms with van der Waals surface area (Å²) >= 11 is 0. The van der Waals surface area contributed by atoms with Crippen LogP contribution in [0.3, 0.4) is 0 Å². The van der Waals surface area contributed by atoms with Gasteiger partial charge in [-0.25, -0.2) is 0 Å². The van der Waals surface area contributed by atoms with E-state index >= 15 is 0 Å². The summed E-state index contributed by atoms with van der Waals surface area (Å²) in [6, 6.07) is 6.41. The third-order valence-corrected chi connectivity index (χ3v) is 4.72. The van der Waals surface area contributed by atoms with Crippen molar-refractivity contribution in [2.24, 2.45) is 11.3 Å². The Morgan fingerprint density at radius 1 is 1.22 bits per heavy atom. The van der Waals surface area contributed by atoms with Crippen molar-refractivity contribution >= 4 is 0 Å². The summed E-state index contributed by atoms with van der Waals surface area (Å²) in [6.07, 6.45) is 4.65. The van der Waals surface area contributed by atoms with Crippen molar-refractivity contribution in [3.63, 3.8) is 0 Å². The van der Waals surface area contributed by atoms with Crippen LogP contribution in [0.2, 0.25) is 0 Å². The summed E-state index contributed by atoms with van der Waals surface area (Å²) < 4.78 is 0. The second-order valence-corrected chi connectivity index (χ2v) is 6.65. The standard InChI is InChI=1S/C17H26O/c1-12-8-9-13(2)14(11-12)16(18)15-7-5-6-10-17(15,3)4/h8-9,11,15-16,18H,5-7,10H2,1-4H3. The van der Waals surface area contributed by atoms with Gasteiger partial charge in [0.2, 0.25) is 0 Å². The number of hydrogen-bond donors (Lipinski definition) is 1. The maximum absolute atomic E-state index is 10.8. The van der Waals surface area contributed by atoms with E-state index in [0.29, 0.717) is 5.92 Å². The average Bonchev–Trinajstić information content (AvgIpc) is 2.31. The number of aliphatic hydroxyl groups excluding tert-OH is 1. The van der Waals surface area contributed by atoms with E-state index in [9.17, 15) is 5.11 Å². The van der Waals surface area contributed by atoms with Crippen LogP contribution in [0.5, 0.6) is 0 Å². The molecule has 1 nitrogen and oxygen atoms in total. The Hall–Kier alpha value is -0.820. The van der Waals surface area contributed by atoms with E-state index in [1.165, 1.54) is 30.4 Å². The molecular weight excluding hydrogens is 220 g/mol. The highest BCUT2D eigenvalue weighted by atomic mass is 16.3. The molecule has 0 spiro atoms. The predicted molar refractivity (Wildman–Crippen MR) is 76.6 cm³/mol. The molecule has 0 heterocycles. The zero-order valence-electron chi connectivity index (χ0n) is 12.2. The molecule has 1 aromatic rings. The van der Waals surface area contributed by atoms with Crippen LogP contribution in [0.4, 0.5) is 0 Å². The lowest BCUT2D eigenvalue weighted by Gasteiger charge is -2.41. The lowest BCUT2D eigenvalue weighted by molar-refractivity contribution is 0.00350. The molecular formula is C17H26O. The molecule has 0 aromatic heterocycles. The predicted octanol–water partition coefficient (Wildman–Crippen LogP) is 4.55. The Morgan fingerprint density at radius 3 is 2.61 bits per heavy atom. The maximum Gasteiger partial charge on any atom is 0.0825 e. The lowest BCUT2D eigenvalue weighted by atomic mass is 9.65. The molecule has 0 amide bonds. The zero-order chi connectivity index (χ0) is 13.3. The molecule has 0 aliphatic heterocycles. The van der Waals surface area contributed by atoms with Gasteiger partial charge in [-0.15, -0.1) is 0 Å². The third-order valence-electron chi connectivity index (χ3n) is 4.72. The molecule has 100 valence electrons. The van der Waals surface area contributed by atoms with Crippen molar-refractivity contribution in [2.75, 3.05) is 0 Å². The smallest absolute Gasteiger partial charge is 0.0825 e. The van der Waals surface area contributed by atoms with Crippen LogP contribution in [0.25, 0.3) is 0 Å². The minimum atomic E-state index is -0.305. The van der Waals surface area contributed by atoms with Crippen LogP contribution in [-0.4, -0.2) is 5.11 Å². The fourth-order valence-electron chi connectivity index (χ4n) is 3.40. The van der Waals surface area contributed by atoms with Gasteiger partial charge in [-0.3, -0.25) is 0 Å². The Morgan fingerprint density at radius 2 is 1.94 bits per heavy atom. The first-order valence-electron chi connectivity index (χ1n) is 7.17. The second-order valence-electron chi connectivity index (χ2n) is 6.65. The minimum absolute atomic E-state index is 0.258. The first-order chi connectivity index (χ1) is 8.42. The number of hydrogen-bond acceptors (Lipinski definition) is 1. The van der Waals surface area contributed by atoms with Crippen molar-refractivity contribution in [3.8, 4) is 0 Å². The fraction of sp³-hybridized carbons (Fsp3) is 0.647. The number of benzene rings is 1. The summed E-state index contributed by atoms with van der Waals surface area (Å²) in [5.74, 6) is 0.395. The van der Waals surface area contributed by atoms with Gasteiger partial charge in [-0.1, -0.05) is 50.5 Å². The molecule has 2 unspecified atom stereocenters. The topological polar surface area (TPSA) is 20.2 Å². The van der Waals surface area contributed by atoms with E-state index in [1.54, 1.807) is 0 Å². The van der Waals surface area contributed by atoms with E-state index in [4.69, 9.17) is 0 Å². The zero-order valence-corrected chi connectivity index (χ0v) is 12.2. The highest BCUT2D eigenvalue weighted by molar-refractivity contribution is 5.32. The molecule has 0 saturated heterocycles. The van der Waals surface area contributed by atoms with E-state index in [0.717, 1.165) is 12.0 Å². The van der Waals surface area contributed by atoms with Gasteiger partial charge < -0.3 is 5.11 Å². The number of aryl methyl sites for hydroxylation is 2. The average molecular weight is 246 g/mol. The molecule has 18 heavy (non-hydrogen) atoms. The summed E-state index contributed by atoms with van der Waals surface area (Å²) in [5.41, 5.74) is 3.85. The SMILES string of the molecule is Cc1ccc(C)c(C(O)C2CCCCC2(C)C)c1. The van der Waals surface area contributed by atoms with Gasteiger partial charge in [0.1, 0.15) is 0 Å². The quantitative estimate of drug-likeness (QED) is 0.811. The van der Waals surface area contributed by atoms with Crippen LogP contribution >= 0.6 is 0 Å². The van der Waals surface area contributed by atoms with Gasteiger partial charge in [0.15, 0.2) is 0 Å². The van der Waals surface area contributed by atoms with E-state index in [1.807, 2.05) is 0 Å². The monoisotopic (exact) mass is 246 g/mol. The molecule has 1 fully saturated rings. The molecule has 1 aliphatic carbocycles. The van der Waals surface area contributed by atoms with Crippen molar-refractivity contribution in [3.05, 3.63) is 34.9 Å². The van der Waals surface area contributed by atoms with Gasteiger partial charge in [-0.05, 0) is 49.1 Å². The highest BCUT2D eigenvalue weighted by Crippen LogP contribution is 2.47. The minimum Gasteiger partial charge on any atom is -0.388 e. The molecule has 1 aliphatic rings. The summed E-state index contributed by atoms with van der Waals surface area (Å²) in [6.45, 7) is 8.83. The van der Waals surface area contributed by atoms with Gasteiger partial charge in [0.05, 0.1) is 6.10 Å². The van der Waals surface area contributed by atoms with E-state index in [-0.39, 0.29) is 11.5 Å². The Bertz CT molecular complexity index is 420. The molecule has 2 rings (SSSR count). The van der Waals surface area contributed by atoms with E-state index < -0.39 is 0 Å². The van der Waals surface area contributed by atoms with Crippen LogP contribution in [-0.2, 0) is 0 Å². The molecule has 1 saturated carbocycles. The molecule has 2 atom stereocenters. The van der Waals surface area contributed by atoms with Crippen LogP contribution in [0, 0.1) is 25.2 Å². The number of rotatable bonds is 2. The van der Waals surface area contributed by atoms with Crippen molar-refractivity contribution in [1.29, 1.82) is 0 Å².